The smallest absolute Gasteiger partial charge is 0.271 e. The van der Waals surface area contributed by atoms with Gasteiger partial charge in [0.1, 0.15) is 0 Å². The van der Waals surface area contributed by atoms with Crippen molar-refractivity contribution in [3.63, 3.8) is 0 Å². The predicted octanol–water partition coefficient (Wildman–Crippen LogP) is 4.77. The number of rotatable bonds is 5. The van der Waals surface area contributed by atoms with Gasteiger partial charge in [0.15, 0.2) is 0 Å². The summed E-state index contributed by atoms with van der Waals surface area (Å²) in [5, 5.41) is 14.9. The van der Waals surface area contributed by atoms with Gasteiger partial charge in [-0.05, 0) is 64.0 Å². The molecule has 0 spiro atoms. The van der Waals surface area contributed by atoms with Crippen molar-refractivity contribution in [2.45, 2.75) is 46.2 Å². The van der Waals surface area contributed by atoms with E-state index < -0.39 is 10.8 Å². The topological polar surface area (TPSA) is 87.8 Å². The Hall–Kier alpha value is -3.48. The summed E-state index contributed by atoms with van der Waals surface area (Å²) in [5.41, 5.74) is 6.75. The number of carbonyl (C=O) groups is 1. The van der Waals surface area contributed by atoms with Crippen molar-refractivity contribution in [3.8, 4) is 0 Å². The third-order valence-electron chi connectivity index (χ3n) is 5.11. The number of non-ortho nitro benzene ring substituents is 1. The summed E-state index contributed by atoms with van der Waals surface area (Å²) in [5.74, 6) is -0.503. The highest BCUT2D eigenvalue weighted by atomic mass is 16.6. The van der Waals surface area contributed by atoms with Gasteiger partial charge in [0.05, 0.1) is 16.7 Å². The van der Waals surface area contributed by atoms with E-state index in [0.717, 1.165) is 11.1 Å². The molecule has 30 heavy (non-hydrogen) atoms. The number of nitro groups is 1. The molecule has 0 atom stereocenters. The van der Waals surface area contributed by atoms with E-state index in [1.165, 1.54) is 35.5 Å². The first-order valence-corrected chi connectivity index (χ1v) is 9.81. The Morgan fingerprint density at radius 1 is 1.23 bits per heavy atom. The number of hydrazone groups is 1. The number of allylic oxidation sites excluding steroid dienone is 1. The first-order valence-electron chi connectivity index (χ1n) is 9.81. The number of hydrogen-bond donors (Lipinski definition) is 1. The standard InChI is InChI=1S/C23H26N4O3/c1-15(2)26-21-10-9-17(11-20(21)16(3)13-23(26,4)5)14-24-25-22(28)18-7-6-8-19(12-18)27(29)30/h6-15H,1-5H3,(H,25,28)/b24-14+. The van der Waals surface area contributed by atoms with Crippen molar-refractivity contribution in [1.82, 2.24) is 5.43 Å². The van der Waals surface area contributed by atoms with E-state index in [9.17, 15) is 14.9 Å². The van der Waals surface area contributed by atoms with Gasteiger partial charge in [-0.25, -0.2) is 5.43 Å². The molecule has 1 aliphatic heterocycles. The van der Waals surface area contributed by atoms with E-state index in [0.29, 0.717) is 6.04 Å². The van der Waals surface area contributed by atoms with Crippen LogP contribution in [0.3, 0.4) is 0 Å². The van der Waals surface area contributed by atoms with Crippen LogP contribution in [0, 0.1) is 10.1 Å². The quantitative estimate of drug-likeness (QED) is 0.440. The van der Waals surface area contributed by atoms with Crippen molar-refractivity contribution in [2.75, 3.05) is 4.90 Å². The van der Waals surface area contributed by atoms with E-state index in [2.05, 4.69) is 68.3 Å². The highest BCUT2D eigenvalue weighted by Gasteiger charge is 2.32. The maximum atomic E-state index is 12.2. The van der Waals surface area contributed by atoms with Crippen molar-refractivity contribution >= 4 is 29.1 Å². The molecule has 7 heteroatoms. The summed E-state index contributed by atoms with van der Waals surface area (Å²) in [6.45, 7) is 10.9. The minimum atomic E-state index is -0.537. The molecule has 0 saturated carbocycles. The van der Waals surface area contributed by atoms with Crippen molar-refractivity contribution < 1.29 is 9.72 Å². The number of carbonyl (C=O) groups excluding carboxylic acids is 1. The van der Waals surface area contributed by atoms with Crippen LogP contribution < -0.4 is 10.3 Å². The Kier molecular flexibility index (Phi) is 5.73. The van der Waals surface area contributed by atoms with Crippen LogP contribution in [0.25, 0.3) is 5.57 Å². The number of nitrogens with zero attached hydrogens (tertiary/aromatic N) is 3. The van der Waals surface area contributed by atoms with Gasteiger partial charge in [-0.3, -0.25) is 14.9 Å². The maximum absolute atomic E-state index is 12.2. The van der Waals surface area contributed by atoms with Gasteiger partial charge >= 0.3 is 0 Å². The zero-order valence-corrected chi connectivity index (χ0v) is 17.8. The molecule has 3 rings (SSSR count). The molecule has 1 N–H and O–H groups in total. The number of fused-ring (bicyclic) bond motifs is 1. The molecule has 7 nitrogen and oxygen atoms in total. The van der Waals surface area contributed by atoms with Crippen molar-refractivity contribution in [3.05, 3.63) is 75.3 Å². The lowest BCUT2D eigenvalue weighted by molar-refractivity contribution is -0.384. The van der Waals surface area contributed by atoms with Crippen molar-refractivity contribution in [1.29, 1.82) is 0 Å². The lowest BCUT2D eigenvalue weighted by Crippen LogP contribution is -2.49. The van der Waals surface area contributed by atoms with Gasteiger partial charge in [0.25, 0.3) is 11.6 Å². The molecule has 0 saturated heterocycles. The van der Waals surface area contributed by atoms with Crippen LogP contribution in [0.15, 0.2) is 53.6 Å². The molecular formula is C23H26N4O3. The number of nitrogens with one attached hydrogen (secondary N) is 1. The Balaban J connectivity index is 1.80. The lowest BCUT2D eigenvalue weighted by atomic mass is 9.87. The minimum Gasteiger partial charge on any atom is -0.360 e. The zero-order valence-electron chi connectivity index (χ0n) is 17.8. The molecule has 1 heterocycles. The monoisotopic (exact) mass is 406 g/mol. The zero-order chi connectivity index (χ0) is 22.1. The fourth-order valence-electron chi connectivity index (χ4n) is 4.08. The highest BCUT2D eigenvalue weighted by molar-refractivity contribution is 5.95. The van der Waals surface area contributed by atoms with E-state index in [1.54, 1.807) is 6.21 Å². The summed E-state index contributed by atoms with van der Waals surface area (Å²) in [4.78, 5) is 24.9. The highest BCUT2D eigenvalue weighted by Crippen LogP contribution is 2.40. The van der Waals surface area contributed by atoms with Gasteiger partial charge in [0, 0.05) is 35.0 Å². The minimum absolute atomic E-state index is 0.0763. The molecule has 0 radical (unpaired) electrons. The normalized spacial score (nSPS) is 15.1. The molecule has 0 bridgehead atoms. The second kappa shape index (κ2) is 8.10. The molecule has 0 aromatic heterocycles. The lowest BCUT2D eigenvalue weighted by Gasteiger charge is -2.46. The van der Waals surface area contributed by atoms with Crippen LogP contribution in [0.1, 0.15) is 56.1 Å². The number of benzene rings is 2. The fraction of sp³-hybridized carbons (Fsp3) is 0.304. The Morgan fingerprint density at radius 2 is 1.97 bits per heavy atom. The Morgan fingerprint density at radius 3 is 2.63 bits per heavy atom. The number of anilines is 1. The van der Waals surface area contributed by atoms with Crippen LogP contribution in [0.4, 0.5) is 11.4 Å². The van der Waals surface area contributed by atoms with E-state index in [4.69, 9.17) is 0 Å². The maximum Gasteiger partial charge on any atom is 0.271 e. The third kappa shape index (κ3) is 4.25. The number of amides is 1. The largest absolute Gasteiger partial charge is 0.360 e. The predicted molar refractivity (Wildman–Crippen MR) is 120 cm³/mol. The van der Waals surface area contributed by atoms with E-state index in [1.807, 2.05) is 6.07 Å². The van der Waals surface area contributed by atoms with E-state index >= 15 is 0 Å². The second-order valence-corrected chi connectivity index (χ2v) is 8.23. The summed E-state index contributed by atoms with van der Waals surface area (Å²) < 4.78 is 0. The van der Waals surface area contributed by atoms with Gasteiger partial charge in [-0.1, -0.05) is 18.2 Å². The summed E-state index contributed by atoms with van der Waals surface area (Å²) >= 11 is 0. The average Bonchev–Trinajstić information content (AvgIpc) is 2.67. The van der Waals surface area contributed by atoms with Crippen LogP contribution in [0.5, 0.6) is 0 Å². The summed E-state index contributed by atoms with van der Waals surface area (Å²) in [7, 11) is 0. The number of nitro benzene ring substituents is 1. The Labute approximate surface area is 176 Å². The van der Waals surface area contributed by atoms with Crippen LogP contribution in [-0.4, -0.2) is 28.6 Å². The fourth-order valence-corrected chi connectivity index (χ4v) is 4.08. The van der Waals surface area contributed by atoms with Gasteiger partial charge in [-0.2, -0.15) is 5.10 Å². The molecule has 1 aliphatic rings. The third-order valence-corrected chi connectivity index (χ3v) is 5.11. The summed E-state index contributed by atoms with van der Waals surface area (Å²) in [6.07, 6.45) is 3.84. The van der Waals surface area contributed by atoms with Crippen LogP contribution >= 0.6 is 0 Å². The average molecular weight is 406 g/mol. The van der Waals surface area contributed by atoms with Gasteiger partial charge < -0.3 is 4.90 Å². The molecule has 2 aromatic rings. The molecule has 0 aliphatic carbocycles. The molecule has 1 amide bonds. The van der Waals surface area contributed by atoms with Crippen LogP contribution in [-0.2, 0) is 0 Å². The van der Waals surface area contributed by atoms with Gasteiger partial charge in [0.2, 0.25) is 0 Å². The molecule has 156 valence electrons. The molecular weight excluding hydrogens is 380 g/mol. The molecule has 0 fully saturated rings. The Bertz CT molecular complexity index is 1050. The SMILES string of the molecule is CC1=CC(C)(C)N(C(C)C)c2ccc(/C=N/NC(=O)c3cccc([N+](=O)[O-])c3)cc21. The first-order chi connectivity index (χ1) is 14.1. The first kappa shape index (κ1) is 21.2. The summed E-state index contributed by atoms with van der Waals surface area (Å²) in [6, 6.07) is 12.0. The molecule has 2 aromatic carbocycles. The van der Waals surface area contributed by atoms with Gasteiger partial charge in [-0.15, -0.1) is 0 Å². The molecule has 0 unspecified atom stereocenters. The van der Waals surface area contributed by atoms with Crippen molar-refractivity contribution in [2.24, 2.45) is 5.10 Å². The van der Waals surface area contributed by atoms with Crippen LogP contribution in [0.2, 0.25) is 0 Å². The second-order valence-electron chi connectivity index (χ2n) is 8.23. The van der Waals surface area contributed by atoms with E-state index in [-0.39, 0.29) is 16.8 Å². The number of hydrogen-bond acceptors (Lipinski definition) is 5.